The van der Waals surface area contributed by atoms with Crippen molar-refractivity contribution >= 4 is 22.5 Å². The molecule has 0 saturated heterocycles. The minimum atomic E-state index is -4.45. The number of benzene rings is 2. The molecule has 3 aromatic rings. The first kappa shape index (κ1) is 20.3. The van der Waals surface area contributed by atoms with Gasteiger partial charge < -0.3 is 5.32 Å². The van der Waals surface area contributed by atoms with Crippen LogP contribution in [0.2, 0.25) is 0 Å². The Kier molecular flexibility index (Phi) is 5.53. The van der Waals surface area contributed by atoms with Crippen LogP contribution in [0.15, 0.2) is 48.7 Å². The Morgan fingerprint density at radius 2 is 2.03 bits per heavy atom. The standard InChI is InChI=1S/C19H17F3N4O3/c1-12(13-3-2-4-15(9-13)19(20,21)22)24-18(27)7-8-25-17-10-16(26(28)29)6-5-14(17)11-23-25/h2-6,9-12H,7-8H2,1H3,(H,24,27)/t12-/m0/s1. The van der Waals surface area contributed by atoms with Crippen molar-refractivity contribution in [1.29, 1.82) is 0 Å². The molecule has 1 aromatic heterocycles. The summed E-state index contributed by atoms with van der Waals surface area (Å²) in [6.45, 7) is 1.77. The van der Waals surface area contributed by atoms with Gasteiger partial charge in [0.05, 0.1) is 34.8 Å². The summed E-state index contributed by atoms with van der Waals surface area (Å²) < 4.78 is 40.0. The topological polar surface area (TPSA) is 90.1 Å². The van der Waals surface area contributed by atoms with Gasteiger partial charge in [0.25, 0.3) is 5.69 Å². The number of non-ortho nitro benzene ring substituents is 1. The largest absolute Gasteiger partial charge is 0.416 e. The molecule has 7 nitrogen and oxygen atoms in total. The Hall–Kier alpha value is -3.43. The van der Waals surface area contributed by atoms with E-state index in [2.05, 4.69) is 10.4 Å². The van der Waals surface area contributed by atoms with E-state index in [1.807, 2.05) is 0 Å². The molecule has 1 heterocycles. The number of carbonyl (C=O) groups excluding carboxylic acids is 1. The smallest absolute Gasteiger partial charge is 0.350 e. The average Bonchev–Trinajstić information content (AvgIpc) is 3.08. The first-order valence-electron chi connectivity index (χ1n) is 8.71. The number of nitro groups is 1. The fourth-order valence-electron chi connectivity index (χ4n) is 2.94. The van der Waals surface area contributed by atoms with E-state index < -0.39 is 22.7 Å². The Morgan fingerprint density at radius 1 is 1.28 bits per heavy atom. The van der Waals surface area contributed by atoms with Crippen LogP contribution in [0.25, 0.3) is 10.9 Å². The number of carbonyl (C=O) groups is 1. The molecule has 10 heteroatoms. The van der Waals surface area contributed by atoms with Crippen LogP contribution in [0.3, 0.4) is 0 Å². The highest BCUT2D eigenvalue weighted by atomic mass is 19.4. The Labute approximate surface area is 163 Å². The molecule has 3 rings (SSSR count). The zero-order valence-corrected chi connectivity index (χ0v) is 15.3. The molecule has 1 amide bonds. The predicted octanol–water partition coefficient (Wildman–Crippen LogP) is 4.23. The van der Waals surface area contributed by atoms with Gasteiger partial charge >= 0.3 is 6.18 Å². The monoisotopic (exact) mass is 406 g/mol. The molecule has 0 fully saturated rings. The number of hydrogen-bond donors (Lipinski definition) is 1. The minimum Gasteiger partial charge on any atom is -0.350 e. The molecular weight excluding hydrogens is 389 g/mol. The maximum absolute atomic E-state index is 12.8. The van der Waals surface area contributed by atoms with Crippen molar-refractivity contribution in [1.82, 2.24) is 15.1 Å². The van der Waals surface area contributed by atoms with Gasteiger partial charge in [-0.2, -0.15) is 18.3 Å². The highest BCUT2D eigenvalue weighted by Crippen LogP contribution is 2.30. The van der Waals surface area contributed by atoms with E-state index in [9.17, 15) is 28.1 Å². The van der Waals surface area contributed by atoms with Crippen LogP contribution < -0.4 is 5.32 Å². The second-order valence-corrected chi connectivity index (χ2v) is 6.53. The van der Waals surface area contributed by atoms with Crippen molar-refractivity contribution in [3.63, 3.8) is 0 Å². The third-order valence-electron chi connectivity index (χ3n) is 4.48. The molecule has 0 aliphatic heterocycles. The number of aryl methyl sites for hydroxylation is 1. The summed E-state index contributed by atoms with van der Waals surface area (Å²) in [5, 5.41) is 18.4. The highest BCUT2D eigenvalue weighted by molar-refractivity contribution is 5.81. The normalized spacial score (nSPS) is 12.7. The summed E-state index contributed by atoms with van der Waals surface area (Å²) in [7, 11) is 0. The van der Waals surface area contributed by atoms with E-state index in [4.69, 9.17) is 0 Å². The van der Waals surface area contributed by atoms with E-state index in [0.29, 0.717) is 16.5 Å². The molecule has 2 aromatic carbocycles. The fraction of sp³-hybridized carbons (Fsp3) is 0.263. The van der Waals surface area contributed by atoms with Gasteiger partial charge in [-0.15, -0.1) is 0 Å². The number of hydrogen-bond acceptors (Lipinski definition) is 4. The Balaban J connectivity index is 1.65. The molecule has 0 saturated carbocycles. The van der Waals surface area contributed by atoms with E-state index in [1.165, 1.54) is 28.9 Å². The summed E-state index contributed by atoms with van der Waals surface area (Å²) >= 11 is 0. The van der Waals surface area contributed by atoms with Gasteiger partial charge in [-0.3, -0.25) is 19.6 Å². The summed E-state index contributed by atoms with van der Waals surface area (Å²) in [5.74, 6) is -0.371. The number of halogens is 3. The lowest BCUT2D eigenvalue weighted by atomic mass is 10.0. The van der Waals surface area contributed by atoms with Gasteiger partial charge in [-0.1, -0.05) is 12.1 Å². The Bertz CT molecular complexity index is 1060. The summed E-state index contributed by atoms with van der Waals surface area (Å²) in [6, 6.07) is 8.51. The number of fused-ring (bicyclic) bond motifs is 1. The lowest BCUT2D eigenvalue weighted by Crippen LogP contribution is -2.27. The number of alkyl halides is 3. The average molecular weight is 406 g/mol. The molecule has 1 N–H and O–H groups in total. The van der Waals surface area contributed by atoms with Gasteiger partial charge in [-0.25, -0.2) is 0 Å². The molecule has 1 atom stereocenters. The number of nitro benzene ring substituents is 1. The Morgan fingerprint density at radius 3 is 2.72 bits per heavy atom. The number of nitrogens with zero attached hydrogens (tertiary/aromatic N) is 3. The van der Waals surface area contributed by atoms with Crippen LogP contribution in [-0.4, -0.2) is 20.6 Å². The van der Waals surface area contributed by atoms with Gasteiger partial charge in [-0.05, 0) is 30.7 Å². The van der Waals surface area contributed by atoms with Crippen molar-refractivity contribution in [3.05, 3.63) is 69.9 Å². The zero-order valence-electron chi connectivity index (χ0n) is 15.3. The SMILES string of the molecule is C[C@H](NC(=O)CCn1ncc2ccc([N+](=O)[O-])cc21)c1cccc(C(F)(F)F)c1. The molecule has 152 valence electrons. The van der Waals surface area contributed by atoms with Crippen LogP contribution in [0.5, 0.6) is 0 Å². The maximum Gasteiger partial charge on any atom is 0.416 e. The van der Waals surface area contributed by atoms with Gasteiger partial charge in [0.1, 0.15) is 0 Å². The number of amides is 1. The summed E-state index contributed by atoms with van der Waals surface area (Å²) in [6.07, 6.45) is -2.89. The molecule has 0 aliphatic rings. The van der Waals surface area contributed by atoms with Crippen molar-refractivity contribution in [2.75, 3.05) is 0 Å². The van der Waals surface area contributed by atoms with Crippen LogP contribution in [0.4, 0.5) is 18.9 Å². The molecule has 0 spiro atoms. The number of aromatic nitrogens is 2. The number of nitrogens with one attached hydrogen (secondary N) is 1. The van der Waals surface area contributed by atoms with Gasteiger partial charge in [0.2, 0.25) is 5.91 Å². The van der Waals surface area contributed by atoms with Crippen LogP contribution >= 0.6 is 0 Å². The van der Waals surface area contributed by atoms with Crippen molar-refractivity contribution in [3.8, 4) is 0 Å². The van der Waals surface area contributed by atoms with Crippen molar-refractivity contribution in [2.45, 2.75) is 32.1 Å². The lowest BCUT2D eigenvalue weighted by molar-refractivity contribution is -0.384. The van der Waals surface area contributed by atoms with E-state index in [-0.39, 0.29) is 24.6 Å². The zero-order chi connectivity index (χ0) is 21.2. The second-order valence-electron chi connectivity index (χ2n) is 6.53. The quantitative estimate of drug-likeness (QED) is 0.490. The molecule has 0 unspecified atom stereocenters. The first-order valence-corrected chi connectivity index (χ1v) is 8.71. The maximum atomic E-state index is 12.8. The fourth-order valence-corrected chi connectivity index (χ4v) is 2.94. The van der Waals surface area contributed by atoms with Gasteiger partial charge in [0.15, 0.2) is 0 Å². The summed E-state index contributed by atoms with van der Waals surface area (Å²) in [4.78, 5) is 22.6. The summed E-state index contributed by atoms with van der Waals surface area (Å²) in [5.41, 5.74) is 0.00819. The molecule has 0 aliphatic carbocycles. The van der Waals surface area contributed by atoms with E-state index in [0.717, 1.165) is 12.1 Å². The minimum absolute atomic E-state index is 0.0166. The van der Waals surface area contributed by atoms with Crippen LogP contribution in [0, 0.1) is 10.1 Å². The lowest BCUT2D eigenvalue weighted by Gasteiger charge is -2.16. The van der Waals surface area contributed by atoms with E-state index in [1.54, 1.807) is 19.2 Å². The molecule has 29 heavy (non-hydrogen) atoms. The van der Waals surface area contributed by atoms with Crippen molar-refractivity contribution in [2.24, 2.45) is 0 Å². The second kappa shape index (κ2) is 7.90. The van der Waals surface area contributed by atoms with Crippen LogP contribution in [-0.2, 0) is 17.5 Å². The third-order valence-corrected chi connectivity index (χ3v) is 4.48. The molecule has 0 radical (unpaired) electrons. The predicted molar refractivity (Wildman–Crippen MR) is 99.0 cm³/mol. The molecular formula is C19H17F3N4O3. The third kappa shape index (κ3) is 4.71. The first-order chi connectivity index (χ1) is 13.6. The van der Waals surface area contributed by atoms with Crippen molar-refractivity contribution < 1.29 is 22.9 Å². The van der Waals surface area contributed by atoms with Crippen LogP contribution in [0.1, 0.15) is 30.5 Å². The highest BCUT2D eigenvalue weighted by Gasteiger charge is 2.30. The van der Waals surface area contributed by atoms with Gasteiger partial charge in [0, 0.05) is 23.9 Å². The number of rotatable bonds is 6. The van der Waals surface area contributed by atoms with E-state index >= 15 is 0 Å². The molecule has 0 bridgehead atoms.